The summed E-state index contributed by atoms with van der Waals surface area (Å²) in [6.45, 7) is 0. The summed E-state index contributed by atoms with van der Waals surface area (Å²) >= 11 is 8.35. The molecule has 0 aliphatic carbocycles. The summed E-state index contributed by atoms with van der Waals surface area (Å²) in [6.07, 6.45) is -0.942. The SMILES string of the molecule is OC(c1sccc1F)c1sccc1Cl. The van der Waals surface area contributed by atoms with Crippen molar-refractivity contribution in [2.24, 2.45) is 0 Å². The summed E-state index contributed by atoms with van der Waals surface area (Å²) in [5.74, 6) is -0.382. The number of aliphatic hydroxyl groups is 1. The molecule has 2 aromatic rings. The van der Waals surface area contributed by atoms with Gasteiger partial charge in [-0.05, 0) is 22.9 Å². The lowest BCUT2D eigenvalue weighted by Crippen LogP contribution is -1.96. The third-order valence-electron chi connectivity index (χ3n) is 1.79. The third-order valence-corrected chi connectivity index (χ3v) is 4.14. The summed E-state index contributed by atoms with van der Waals surface area (Å²) in [5.41, 5.74) is 0. The Kier molecular flexibility index (Phi) is 2.88. The Hall–Kier alpha value is -0.420. The van der Waals surface area contributed by atoms with Crippen LogP contribution in [-0.2, 0) is 0 Å². The Morgan fingerprint density at radius 3 is 2.36 bits per heavy atom. The van der Waals surface area contributed by atoms with Gasteiger partial charge in [-0.2, -0.15) is 0 Å². The quantitative estimate of drug-likeness (QED) is 0.860. The van der Waals surface area contributed by atoms with Gasteiger partial charge in [0.25, 0.3) is 0 Å². The zero-order valence-corrected chi connectivity index (χ0v) is 9.30. The van der Waals surface area contributed by atoms with E-state index in [2.05, 4.69) is 0 Å². The minimum Gasteiger partial charge on any atom is -0.382 e. The number of halogens is 2. The van der Waals surface area contributed by atoms with Crippen LogP contribution in [0.1, 0.15) is 15.9 Å². The van der Waals surface area contributed by atoms with E-state index in [1.807, 2.05) is 0 Å². The third kappa shape index (κ3) is 1.70. The number of thiophene rings is 2. The maximum atomic E-state index is 13.1. The van der Waals surface area contributed by atoms with E-state index in [9.17, 15) is 9.50 Å². The largest absolute Gasteiger partial charge is 0.382 e. The van der Waals surface area contributed by atoms with Crippen molar-refractivity contribution in [2.75, 3.05) is 0 Å². The minimum atomic E-state index is -0.942. The van der Waals surface area contributed by atoms with Gasteiger partial charge in [-0.3, -0.25) is 0 Å². The van der Waals surface area contributed by atoms with Gasteiger partial charge in [0.1, 0.15) is 11.9 Å². The highest BCUT2D eigenvalue weighted by Crippen LogP contribution is 2.35. The number of rotatable bonds is 2. The molecule has 0 saturated carbocycles. The first kappa shape index (κ1) is 10.1. The Morgan fingerprint density at radius 1 is 1.21 bits per heavy atom. The van der Waals surface area contributed by atoms with Gasteiger partial charge in [-0.25, -0.2) is 4.39 Å². The molecule has 0 saturated heterocycles. The van der Waals surface area contributed by atoms with Gasteiger partial charge in [0.2, 0.25) is 0 Å². The average Bonchev–Trinajstić information content (AvgIpc) is 2.73. The lowest BCUT2D eigenvalue weighted by atomic mass is 10.2. The van der Waals surface area contributed by atoms with Crippen molar-refractivity contribution >= 4 is 34.3 Å². The van der Waals surface area contributed by atoms with Gasteiger partial charge >= 0.3 is 0 Å². The first-order chi connectivity index (χ1) is 6.70. The van der Waals surface area contributed by atoms with Crippen molar-refractivity contribution in [3.63, 3.8) is 0 Å². The predicted molar refractivity (Wildman–Crippen MR) is 57.7 cm³/mol. The average molecular weight is 249 g/mol. The first-order valence-corrected chi connectivity index (χ1v) is 5.97. The first-order valence-electron chi connectivity index (χ1n) is 3.84. The molecule has 0 bridgehead atoms. The molecule has 2 heterocycles. The van der Waals surface area contributed by atoms with Crippen LogP contribution in [0.2, 0.25) is 5.02 Å². The van der Waals surface area contributed by atoms with Gasteiger partial charge < -0.3 is 5.11 Å². The van der Waals surface area contributed by atoms with Crippen LogP contribution in [0.15, 0.2) is 22.9 Å². The van der Waals surface area contributed by atoms with Crippen LogP contribution in [0.3, 0.4) is 0 Å². The summed E-state index contributed by atoms with van der Waals surface area (Å²) in [5, 5.41) is 13.7. The van der Waals surface area contributed by atoms with Crippen molar-refractivity contribution in [1.82, 2.24) is 0 Å². The van der Waals surface area contributed by atoms with E-state index in [0.717, 1.165) is 0 Å². The molecule has 1 atom stereocenters. The molecule has 0 spiro atoms. The van der Waals surface area contributed by atoms with Gasteiger partial charge in [-0.15, -0.1) is 22.7 Å². The summed E-state index contributed by atoms with van der Waals surface area (Å²) in [4.78, 5) is 0.905. The predicted octanol–water partition coefficient (Wildman–Crippen LogP) is 3.68. The zero-order valence-electron chi connectivity index (χ0n) is 6.91. The lowest BCUT2D eigenvalue weighted by Gasteiger charge is -2.06. The van der Waals surface area contributed by atoms with Gasteiger partial charge in [-0.1, -0.05) is 11.6 Å². The molecule has 0 fully saturated rings. The Labute approximate surface area is 93.4 Å². The van der Waals surface area contributed by atoms with Crippen LogP contribution in [0.4, 0.5) is 4.39 Å². The van der Waals surface area contributed by atoms with E-state index in [1.54, 1.807) is 16.8 Å². The van der Waals surface area contributed by atoms with Gasteiger partial charge in [0, 0.05) is 0 Å². The monoisotopic (exact) mass is 248 g/mol. The maximum absolute atomic E-state index is 13.1. The molecule has 0 aromatic carbocycles. The molecular weight excluding hydrogens is 243 g/mol. The van der Waals surface area contributed by atoms with Crippen molar-refractivity contribution in [3.8, 4) is 0 Å². The van der Waals surface area contributed by atoms with E-state index in [-0.39, 0.29) is 5.82 Å². The van der Waals surface area contributed by atoms with Crippen molar-refractivity contribution in [1.29, 1.82) is 0 Å². The van der Waals surface area contributed by atoms with Crippen LogP contribution < -0.4 is 0 Å². The van der Waals surface area contributed by atoms with E-state index in [1.165, 1.54) is 28.7 Å². The second-order valence-corrected chi connectivity index (χ2v) is 4.97. The van der Waals surface area contributed by atoms with Gasteiger partial charge in [0.05, 0.1) is 14.8 Å². The zero-order chi connectivity index (χ0) is 10.1. The fourth-order valence-corrected chi connectivity index (χ4v) is 3.11. The lowest BCUT2D eigenvalue weighted by molar-refractivity contribution is 0.223. The van der Waals surface area contributed by atoms with E-state index in [0.29, 0.717) is 14.8 Å². The Morgan fingerprint density at radius 2 is 1.86 bits per heavy atom. The fraction of sp³-hybridized carbons (Fsp3) is 0.111. The second kappa shape index (κ2) is 3.98. The Balaban J connectivity index is 2.38. The van der Waals surface area contributed by atoms with Crippen molar-refractivity contribution in [3.05, 3.63) is 43.5 Å². The molecule has 74 valence electrons. The minimum absolute atomic E-state index is 0.314. The van der Waals surface area contributed by atoms with E-state index < -0.39 is 6.10 Å². The molecule has 1 nitrogen and oxygen atoms in total. The summed E-state index contributed by atoms with van der Waals surface area (Å²) < 4.78 is 13.1. The normalized spacial score (nSPS) is 13.1. The summed E-state index contributed by atoms with van der Waals surface area (Å²) in [6, 6.07) is 3.03. The topological polar surface area (TPSA) is 20.2 Å². The van der Waals surface area contributed by atoms with Crippen molar-refractivity contribution in [2.45, 2.75) is 6.10 Å². The molecule has 0 amide bonds. The molecule has 14 heavy (non-hydrogen) atoms. The molecule has 0 radical (unpaired) electrons. The molecule has 5 heteroatoms. The van der Waals surface area contributed by atoms with Crippen LogP contribution in [-0.4, -0.2) is 5.11 Å². The number of aliphatic hydroxyl groups excluding tert-OH is 1. The van der Waals surface area contributed by atoms with Crippen LogP contribution in [0.5, 0.6) is 0 Å². The molecule has 1 N–H and O–H groups in total. The highest BCUT2D eigenvalue weighted by molar-refractivity contribution is 7.12. The standard InChI is InChI=1S/C9H6ClFOS2/c10-5-1-3-13-8(5)7(12)9-6(11)2-4-14-9/h1-4,7,12H. The highest BCUT2D eigenvalue weighted by Gasteiger charge is 2.19. The molecule has 2 rings (SSSR count). The number of hydrogen-bond acceptors (Lipinski definition) is 3. The van der Waals surface area contributed by atoms with E-state index >= 15 is 0 Å². The van der Waals surface area contributed by atoms with Crippen LogP contribution >= 0.6 is 34.3 Å². The number of hydrogen-bond donors (Lipinski definition) is 1. The van der Waals surface area contributed by atoms with Gasteiger partial charge in [0.15, 0.2) is 0 Å². The molecule has 2 aromatic heterocycles. The van der Waals surface area contributed by atoms with Crippen molar-refractivity contribution < 1.29 is 9.50 Å². The van der Waals surface area contributed by atoms with Crippen LogP contribution in [0, 0.1) is 5.82 Å². The smallest absolute Gasteiger partial charge is 0.140 e. The molecule has 0 aliphatic heterocycles. The van der Waals surface area contributed by atoms with E-state index in [4.69, 9.17) is 11.6 Å². The molecule has 0 aliphatic rings. The molecule has 1 unspecified atom stereocenters. The highest BCUT2D eigenvalue weighted by atomic mass is 35.5. The van der Waals surface area contributed by atoms with Crippen LogP contribution in [0.25, 0.3) is 0 Å². The second-order valence-electron chi connectivity index (χ2n) is 2.67. The summed E-state index contributed by atoms with van der Waals surface area (Å²) in [7, 11) is 0. The fourth-order valence-electron chi connectivity index (χ4n) is 1.12. The molecular formula is C9H6ClFOS2. The maximum Gasteiger partial charge on any atom is 0.140 e. The Bertz CT molecular complexity index is 397.